The van der Waals surface area contributed by atoms with E-state index in [4.69, 9.17) is 4.74 Å². The molecule has 7 nitrogen and oxygen atoms in total. The largest absolute Gasteiger partial charge is 0.493 e. The van der Waals surface area contributed by atoms with Gasteiger partial charge in [0.05, 0.1) is 18.3 Å². The molecule has 2 N–H and O–H groups in total. The molecule has 1 amide bonds. The van der Waals surface area contributed by atoms with Crippen LogP contribution in [0.15, 0.2) is 60.7 Å². The van der Waals surface area contributed by atoms with Crippen LogP contribution in [0, 0.1) is 0 Å². The van der Waals surface area contributed by atoms with E-state index < -0.39 is 5.97 Å². The number of carbonyl (C=O) groups excluding carboxylic acids is 1. The number of aromatic nitrogens is 2. The van der Waals surface area contributed by atoms with E-state index >= 15 is 0 Å². The van der Waals surface area contributed by atoms with Gasteiger partial charge >= 0.3 is 5.97 Å². The van der Waals surface area contributed by atoms with Crippen molar-refractivity contribution in [3.63, 3.8) is 0 Å². The molecule has 3 aromatic rings. The third-order valence-electron chi connectivity index (χ3n) is 4.43. The van der Waals surface area contributed by atoms with Crippen LogP contribution in [-0.4, -0.2) is 33.4 Å². The van der Waals surface area contributed by atoms with E-state index in [2.05, 4.69) is 10.4 Å². The van der Waals surface area contributed by atoms with Gasteiger partial charge in [-0.2, -0.15) is 5.10 Å². The lowest BCUT2D eigenvalue weighted by molar-refractivity contribution is 0.0689. The number of carboxylic acids is 1. The molecule has 136 valence electrons. The molecule has 0 fully saturated rings. The summed E-state index contributed by atoms with van der Waals surface area (Å²) in [6.45, 7) is 0.500. The molecule has 7 heteroatoms. The number of hydrogen-bond acceptors (Lipinski definition) is 4. The molecule has 0 saturated carbocycles. The van der Waals surface area contributed by atoms with Crippen LogP contribution in [0.3, 0.4) is 0 Å². The van der Waals surface area contributed by atoms with Gasteiger partial charge in [0, 0.05) is 18.1 Å². The third kappa shape index (κ3) is 3.27. The van der Waals surface area contributed by atoms with Crippen LogP contribution in [0.4, 0.5) is 0 Å². The Balaban J connectivity index is 1.67. The molecule has 0 spiro atoms. The first-order valence-corrected chi connectivity index (χ1v) is 8.55. The van der Waals surface area contributed by atoms with Crippen molar-refractivity contribution in [2.24, 2.45) is 0 Å². The van der Waals surface area contributed by atoms with Gasteiger partial charge in [0.2, 0.25) is 0 Å². The minimum Gasteiger partial charge on any atom is -0.493 e. The van der Waals surface area contributed by atoms with Gasteiger partial charge in [-0.1, -0.05) is 36.4 Å². The molecule has 4 rings (SSSR count). The zero-order chi connectivity index (χ0) is 18.8. The quantitative estimate of drug-likeness (QED) is 0.743. The SMILES string of the molecule is O=C(O)c1cc(C(=O)N[C@@H]2CCOc3ccccc32)n(-c2ccccc2)n1. The highest BCUT2D eigenvalue weighted by atomic mass is 16.5. The molecule has 0 bridgehead atoms. The number of rotatable bonds is 4. The second-order valence-electron chi connectivity index (χ2n) is 6.17. The monoisotopic (exact) mass is 363 g/mol. The van der Waals surface area contributed by atoms with Gasteiger partial charge in [-0.15, -0.1) is 0 Å². The summed E-state index contributed by atoms with van der Waals surface area (Å²) in [6.07, 6.45) is 0.633. The zero-order valence-electron chi connectivity index (χ0n) is 14.3. The van der Waals surface area contributed by atoms with Crippen LogP contribution in [0.5, 0.6) is 5.75 Å². The van der Waals surface area contributed by atoms with Gasteiger partial charge in [-0.25, -0.2) is 9.48 Å². The minimum absolute atomic E-state index is 0.169. The summed E-state index contributed by atoms with van der Waals surface area (Å²) in [4.78, 5) is 24.3. The zero-order valence-corrected chi connectivity index (χ0v) is 14.3. The van der Waals surface area contributed by atoms with E-state index in [1.54, 1.807) is 24.3 Å². The summed E-state index contributed by atoms with van der Waals surface area (Å²) in [5.74, 6) is -0.826. The summed E-state index contributed by atoms with van der Waals surface area (Å²) in [6, 6.07) is 17.6. The van der Waals surface area contributed by atoms with Crippen molar-refractivity contribution in [2.75, 3.05) is 6.61 Å². The van der Waals surface area contributed by atoms with E-state index in [1.807, 2.05) is 30.3 Å². The van der Waals surface area contributed by atoms with Gasteiger partial charge in [-0.05, 0) is 18.2 Å². The van der Waals surface area contributed by atoms with E-state index in [1.165, 1.54) is 10.7 Å². The molecule has 2 heterocycles. The number of aromatic carboxylic acids is 1. The van der Waals surface area contributed by atoms with Crippen molar-refractivity contribution in [2.45, 2.75) is 12.5 Å². The van der Waals surface area contributed by atoms with Gasteiger partial charge in [-0.3, -0.25) is 4.79 Å². The second kappa shape index (κ2) is 6.95. The highest BCUT2D eigenvalue weighted by Crippen LogP contribution is 2.31. The van der Waals surface area contributed by atoms with Gasteiger partial charge < -0.3 is 15.2 Å². The molecule has 1 aromatic heterocycles. The topological polar surface area (TPSA) is 93.5 Å². The maximum atomic E-state index is 12.9. The number of benzene rings is 2. The standard InChI is InChI=1S/C20H17N3O4/c24-19(21-15-10-11-27-18-9-5-4-8-14(15)18)17-12-16(20(25)26)22-23(17)13-6-2-1-3-7-13/h1-9,12,15H,10-11H2,(H,21,24)(H,25,26)/t15-/m1/s1. The molecule has 1 aliphatic rings. The fourth-order valence-electron chi connectivity index (χ4n) is 3.14. The Morgan fingerprint density at radius 2 is 1.85 bits per heavy atom. The van der Waals surface area contributed by atoms with E-state index in [9.17, 15) is 14.7 Å². The highest BCUT2D eigenvalue weighted by molar-refractivity contribution is 5.96. The molecule has 1 aliphatic heterocycles. The number of ether oxygens (including phenoxy) is 1. The van der Waals surface area contributed by atoms with Crippen LogP contribution in [0.2, 0.25) is 0 Å². The van der Waals surface area contributed by atoms with Crippen LogP contribution in [0.1, 0.15) is 39.0 Å². The lowest BCUT2D eigenvalue weighted by atomic mass is 10.0. The number of nitrogens with one attached hydrogen (secondary N) is 1. The number of para-hydroxylation sites is 2. The number of carbonyl (C=O) groups is 2. The van der Waals surface area contributed by atoms with Gasteiger partial charge in [0.1, 0.15) is 11.4 Å². The average molecular weight is 363 g/mol. The Labute approximate surface area is 155 Å². The minimum atomic E-state index is -1.19. The Morgan fingerprint density at radius 3 is 2.63 bits per heavy atom. The number of hydrogen-bond donors (Lipinski definition) is 2. The maximum Gasteiger partial charge on any atom is 0.356 e. The number of carboxylic acid groups (broad SMARTS) is 1. The van der Waals surface area contributed by atoms with Crippen molar-refractivity contribution in [3.05, 3.63) is 77.6 Å². The van der Waals surface area contributed by atoms with Crippen molar-refractivity contribution in [1.82, 2.24) is 15.1 Å². The normalized spacial score (nSPS) is 15.5. The van der Waals surface area contributed by atoms with Crippen LogP contribution in [-0.2, 0) is 0 Å². The van der Waals surface area contributed by atoms with Crippen molar-refractivity contribution in [3.8, 4) is 11.4 Å². The molecule has 2 aromatic carbocycles. The Hall–Kier alpha value is -3.61. The molecule has 0 unspecified atom stereocenters. The molecule has 0 radical (unpaired) electrons. The van der Waals surface area contributed by atoms with Crippen molar-refractivity contribution >= 4 is 11.9 Å². The van der Waals surface area contributed by atoms with Crippen LogP contribution in [0.25, 0.3) is 5.69 Å². The average Bonchev–Trinajstić information content (AvgIpc) is 3.15. The third-order valence-corrected chi connectivity index (χ3v) is 4.43. The Kier molecular flexibility index (Phi) is 4.33. The number of amides is 1. The van der Waals surface area contributed by atoms with Crippen molar-refractivity contribution in [1.29, 1.82) is 0 Å². The van der Waals surface area contributed by atoms with E-state index in [-0.39, 0.29) is 23.3 Å². The highest BCUT2D eigenvalue weighted by Gasteiger charge is 2.26. The Morgan fingerprint density at radius 1 is 1.11 bits per heavy atom. The summed E-state index contributed by atoms with van der Waals surface area (Å²) < 4.78 is 6.97. The molecule has 0 aliphatic carbocycles. The van der Waals surface area contributed by atoms with Crippen molar-refractivity contribution < 1.29 is 19.4 Å². The van der Waals surface area contributed by atoms with E-state index in [0.717, 1.165) is 11.3 Å². The predicted octanol–water partition coefficient (Wildman–Crippen LogP) is 2.82. The summed E-state index contributed by atoms with van der Waals surface area (Å²) >= 11 is 0. The van der Waals surface area contributed by atoms with Gasteiger partial charge in [0.15, 0.2) is 5.69 Å². The maximum absolute atomic E-state index is 12.9. The fraction of sp³-hybridized carbons (Fsp3) is 0.150. The molecule has 0 saturated heterocycles. The smallest absolute Gasteiger partial charge is 0.356 e. The molecule has 27 heavy (non-hydrogen) atoms. The first kappa shape index (κ1) is 16.8. The second-order valence-corrected chi connectivity index (χ2v) is 6.17. The summed E-state index contributed by atoms with van der Waals surface area (Å²) in [7, 11) is 0. The fourth-order valence-corrected chi connectivity index (χ4v) is 3.14. The lowest BCUT2D eigenvalue weighted by Gasteiger charge is -2.26. The predicted molar refractivity (Wildman–Crippen MR) is 97.3 cm³/mol. The van der Waals surface area contributed by atoms with Crippen LogP contribution >= 0.6 is 0 Å². The number of fused-ring (bicyclic) bond motifs is 1. The first-order valence-electron chi connectivity index (χ1n) is 8.55. The number of nitrogens with zero attached hydrogens (tertiary/aromatic N) is 2. The van der Waals surface area contributed by atoms with Gasteiger partial charge in [0.25, 0.3) is 5.91 Å². The first-order chi connectivity index (χ1) is 13.1. The van der Waals surface area contributed by atoms with E-state index in [0.29, 0.717) is 18.7 Å². The van der Waals surface area contributed by atoms with Crippen LogP contribution < -0.4 is 10.1 Å². The molecule has 1 atom stereocenters. The lowest BCUT2D eigenvalue weighted by Crippen LogP contribution is -2.33. The molecular weight excluding hydrogens is 346 g/mol. The summed E-state index contributed by atoms with van der Waals surface area (Å²) in [5.41, 5.74) is 1.50. The summed E-state index contributed by atoms with van der Waals surface area (Å²) in [5, 5.41) is 16.3. The molecular formula is C20H17N3O4. The Bertz CT molecular complexity index is 997.